The Kier molecular flexibility index (Phi) is 4.77. The Bertz CT molecular complexity index is 838. The Balaban J connectivity index is 1.82. The van der Waals surface area contributed by atoms with Gasteiger partial charge in [0.05, 0.1) is 0 Å². The average molecular weight is 340 g/mol. The van der Waals surface area contributed by atoms with E-state index in [-0.39, 0.29) is 11.6 Å². The summed E-state index contributed by atoms with van der Waals surface area (Å²) in [6.45, 7) is 4.04. The third kappa shape index (κ3) is 3.73. The van der Waals surface area contributed by atoms with Crippen molar-refractivity contribution in [2.75, 3.05) is 6.61 Å². The number of carbonyl (C=O) groups excluding carboxylic acids is 1. The number of ether oxygens (including phenoxy) is 2. The molecule has 24 heavy (non-hydrogen) atoms. The lowest BCUT2D eigenvalue weighted by molar-refractivity contribution is -0.129. The van der Waals surface area contributed by atoms with Gasteiger partial charge in [0.15, 0.2) is 5.70 Å². The number of carbonyl (C=O) groups is 1. The van der Waals surface area contributed by atoms with Crippen LogP contribution < -0.4 is 4.74 Å². The maximum absolute atomic E-state index is 12.0. The van der Waals surface area contributed by atoms with Crippen molar-refractivity contribution in [3.63, 3.8) is 0 Å². The van der Waals surface area contributed by atoms with Crippen LogP contribution in [0.3, 0.4) is 0 Å². The van der Waals surface area contributed by atoms with Crippen LogP contribution in [0.1, 0.15) is 11.1 Å². The van der Waals surface area contributed by atoms with Crippen LogP contribution in [0.5, 0.6) is 5.75 Å². The Morgan fingerprint density at radius 3 is 2.71 bits per heavy atom. The third-order valence-corrected chi connectivity index (χ3v) is 3.48. The maximum Gasteiger partial charge on any atom is 0.363 e. The predicted molar refractivity (Wildman–Crippen MR) is 94.2 cm³/mol. The number of aliphatic imine (C=N–C) groups is 1. The second kappa shape index (κ2) is 7.15. The number of rotatable bonds is 5. The molecule has 0 radical (unpaired) electrons. The van der Waals surface area contributed by atoms with Gasteiger partial charge in [-0.3, -0.25) is 0 Å². The quantitative estimate of drug-likeness (QED) is 0.465. The molecule has 0 bridgehead atoms. The van der Waals surface area contributed by atoms with Gasteiger partial charge < -0.3 is 9.47 Å². The van der Waals surface area contributed by atoms with Crippen molar-refractivity contribution < 1.29 is 14.3 Å². The van der Waals surface area contributed by atoms with Crippen LogP contribution in [-0.2, 0) is 9.53 Å². The molecule has 0 spiro atoms. The maximum atomic E-state index is 12.0. The number of esters is 1. The van der Waals surface area contributed by atoms with E-state index in [4.69, 9.17) is 21.1 Å². The summed E-state index contributed by atoms with van der Waals surface area (Å²) in [7, 11) is 0. The summed E-state index contributed by atoms with van der Waals surface area (Å²) in [6, 6.07) is 14.3. The minimum Gasteiger partial charge on any atom is -0.490 e. The van der Waals surface area contributed by atoms with Crippen LogP contribution in [0.2, 0.25) is 5.02 Å². The monoisotopic (exact) mass is 339 g/mol. The molecule has 1 aliphatic heterocycles. The van der Waals surface area contributed by atoms with Gasteiger partial charge in [0.1, 0.15) is 12.4 Å². The van der Waals surface area contributed by atoms with Gasteiger partial charge >= 0.3 is 5.97 Å². The SMILES string of the molecule is C=CCOc1ccc(/C=C2\N=C(c3cccc(Cl)c3)OC2=O)cc1. The lowest BCUT2D eigenvalue weighted by atomic mass is 10.2. The molecule has 0 N–H and O–H groups in total. The highest BCUT2D eigenvalue weighted by Crippen LogP contribution is 2.22. The molecule has 0 unspecified atom stereocenters. The van der Waals surface area contributed by atoms with E-state index in [0.29, 0.717) is 17.2 Å². The van der Waals surface area contributed by atoms with Crippen molar-refractivity contribution in [1.82, 2.24) is 0 Å². The molecule has 1 aliphatic rings. The molecule has 0 saturated heterocycles. The van der Waals surface area contributed by atoms with Crippen LogP contribution in [0.25, 0.3) is 6.08 Å². The molecule has 3 rings (SSSR count). The highest BCUT2D eigenvalue weighted by molar-refractivity contribution is 6.31. The van der Waals surface area contributed by atoms with Crippen LogP contribution in [-0.4, -0.2) is 18.5 Å². The number of benzene rings is 2. The summed E-state index contributed by atoms with van der Waals surface area (Å²) in [6.07, 6.45) is 3.34. The summed E-state index contributed by atoms with van der Waals surface area (Å²) >= 11 is 5.95. The molecule has 120 valence electrons. The van der Waals surface area contributed by atoms with Crippen molar-refractivity contribution in [1.29, 1.82) is 0 Å². The molecule has 4 nitrogen and oxygen atoms in total. The molecule has 5 heteroatoms. The van der Waals surface area contributed by atoms with Gasteiger partial charge in [-0.25, -0.2) is 9.79 Å². The molecular weight excluding hydrogens is 326 g/mol. The predicted octanol–water partition coefficient (Wildman–Crippen LogP) is 4.25. The fraction of sp³-hybridized carbons (Fsp3) is 0.0526. The minimum absolute atomic E-state index is 0.240. The average Bonchev–Trinajstić information content (AvgIpc) is 2.95. The van der Waals surface area contributed by atoms with Gasteiger partial charge in [-0.15, -0.1) is 0 Å². The zero-order valence-electron chi connectivity index (χ0n) is 12.7. The summed E-state index contributed by atoms with van der Waals surface area (Å²) in [5.41, 5.74) is 1.72. The van der Waals surface area contributed by atoms with Crippen LogP contribution in [0.15, 0.2) is 71.9 Å². The first kappa shape index (κ1) is 16.0. The minimum atomic E-state index is -0.489. The molecule has 2 aromatic rings. The second-order valence-corrected chi connectivity index (χ2v) is 5.45. The summed E-state index contributed by atoms with van der Waals surface area (Å²) in [4.78, 5) is 16.2. The van der Waals surface area contributed by atoms with Gasteiger partial charge in [-0.2, -0.15) is 0 Å². The molecule has 2 aromatic carbocycles. The zero-order valence-corrected chi connectivity index (χ0v) is 13.5. The summed E-state index contributed by atoms with van der Waals surface area (Å²) < 4.78 is 10.6. The smallest absolute Gasteiger partial charge is 0.363 e. The van der Waals surface area contributed by atoms with Crippen molar-refractivity contribution >= 4 is 29.5 Å². The molecule has 1 heterocycles. The van der Waals surface area contributed by atoms with Gasteiger partial charge in [0.25, 0.3) is 0 Å². The number of cyclic esters (lactones) is 1. The molecule has 0 aromatic heterocycles. The van der Waals surface area contributed by atoms with E-state index in [9.17, 15) is 4.79 Å². The molecule has 0 saturated carbocycles. The molecule has 0 atom stereocenters. The van der Waals surface area contributed by atoms with E-state index in [2.05, 4.69) is 11.6 Å². The van der Waals surface area contributed by atoms with Gasteiger partial charge in [0, 0.05) is 10.6 Å². The highest BCUT2D eigenvalue weighted by atomic mass is 35.5. The van der Waals surface area contributed by atoms with Crippen molar-refractivity contribution in [2.24, 2.45) is 4.99 Å². The van der Waals surface area contributed by atoms with Crippen molar-refractivity contribution in [2.45, 2.75) is 0 Å². The summed E-state index contributed by atoms with van der Waals surface area (Å²) in [5, 5.41) is 0.554. The number of hydrogen-bond acceptors (Lipinski definition) is 4. The zero-order chi connectivity index (χ0) is 16.9. The Labute approximate surface area is 144 Å². The van der Waals surface area contributed by atoms with Gasteiger partial charge in [-0.05, 0) is 42.0 Å². The molecule has 0 amide bonds. The fourth-order valence-corrected chi connectivity index (χ4v) is 2.32. The Hall–Kier alpha value is -2.85. The third-order valence-electron chi connectivity index (χ3n) is 3.24. The van der Waals surface area contributed by atoms with Crippen molar-refractivity contribution in [3.05, 3.63) is 83.0 Å². The normalized spacial score (nSPS) is 15.1. The van der Waals surface area contributed by atoms with Crippen LogP contribution in [0, 0.1) is 0 Å². The second-order valence-electron chi connectivity index (χ2n) is 5.02. The highest BCUT2D eigenvalue weighted by Gasteiger charge is 2.24. The fourth-order valence-electron chi connectivity index (χ4n) is 2.13. The number of nitrogens with zero attached hydrogens (tertiary/aromatic N) is 1. The number of halogens is 1. The molecule has 0 aliphatic carbocycles. The van der Waals surface area contributed by atoms with Crippen molar-refractivity contribution in [3.8, 4) is 5.75 Å². The lowest BCUT2D eigenvalue weighted by Crippen LogP contribution is -2.05. The molecular formula is C19H14ClNO3. The summed E-state index contributed by atoms with van der Waals surface area (Å²) in [5.74, 6) is 0.491. The van der Waals surface area contributed by atoms with Gasteiger partial charge in [0.2, 0.25) is 5.90 Å². The van der Waals surface area contributed by atoms with Gasteiger partial charge in [-0.1, -0.05) is 42.5 Å². The first-order valence-electron chi connectivity index (χ1n) is 7.28. The van der Waals surface area contributed by atoms with Crippen LogP contribution >= 0.6 is 11.6 Å². The van der Waals surface area contributed by atoms with E-state index in [0.717, 1.165) is 11.3 Å². The standard InChI is InChI=1S/C19H14ClNO3/c1-2-10-23-16-8-6-13(7-9-16)11-17-19(22)24-18(21-17)14-4-3-5-15(20)12-14/h2-9,11-12H,1,10H2/b17-11-. The first-order valence-corrected chi connectivity index (χ1v) is 7.66. The number of hydrogen-bond donors (Lipinski definition) is 0. The first-order chi connectivity index (χ1) is 11.7. The van der Waals surface area contributed by atoms with E-state index >= 15 is 0 Å². The topological polar surface area (TPSA) is 47.9 Å². The van der Waals surface area contributed by atoms with E-state index < -0.39 is 5.97 Å². The lowest BCUT2D eigenvalue weighted by Gasteiger charge is -2.02. The van der Waals surface area contributed by atoms with Crippen LogP contribution in [0.4, 0.5) is 0 Å². The Morgan fingerprint density at radius 1 is 1.21 bits per heavy atom. The van der Waals surface area contributed by atoms with E-state index in [1.807, 2.05) is 24.3 Å². The Morgan fingerprint density at radius 2 is 2.00 bits per heavy atom. The largest absolute Gasteiger partial charge is 0.490 e. The van der Waals surface area contributed by atoms with E-state index in [1.54, 1.807) is 36.4 Å². The molecule has 0 fully saturated rings. The van der Waals surface area contributed by atoms with E-state index in [1.165, 1.54) is 0 Å².